The van der Waals surface area contributed by atoms with Gasteiger partial charge < -0.3 is 10.1 Å². The lowest BCUT2D eigenvalue weighted by Gasteiger charge is -2.12. The first-order valence-corrected chi connectivity index (χ1v) is 9.01. The van der Waals surface area contributed by atoms with Gasteiger partial charge in [-0.2, -0.15) is 0 Å². The molecule has 0 aromatic heterocycles. The zero-order valence-electron chi connectivity index (χ0n) is 16.0. The molecule has 0 fully saturated rings. The Kier molecular flexibility index (Phi) is 6.96. The molecule has 0 bridgehead atoms. The number of hydrogen-bond acceptors (Lipinski definition) is 3. The molecule has 1 amide bonds. The first-order valence-electron chi connectivity index (χ1n) is 9.01. The molecule has 4 nitrogen and oxygen atoms in total. The second-order valence-electron chi connectivity index (χ2n) is 6.81. The fourth-order valence-corrected chi connectivity index (χ4v) is 2.82. The number of carbonyl (C=O) groups is 2. The van der Waals surface area contributed by atoms with Crippen molar-refractivity contribution in [1.82, 2.24) is 0 Å². The molecule has 0 saturated heterocycles. The molecule has 138 valence electrons. The zero-order valence-corrected chi connectivity index (χ0v) is 16.0. The Labute approximate surface area is 155 Å². The Hall–Kier alpha value is -2.62. The Morgan fingerprint density at radius 3 is 2.35 bits per heavy atom. The van der Waals surface area contributed by atoms with E-state index < -0.39 is 0 Å². The molecule has 0 aliphatic carbocycles. The van der Waals surface area contributed by atoms with Gasteiger partial charge in [-0.15, -0.1) is 0 Å². The van der Waals surface area contributed by atoms with E-state index in [1.54, 1.807) is 24.3 Å². The molecular weight excluding hydrogens is 326 g/mol. The summed E-state index contributed by atoms with van der Waals surface area (Å²) in [4.78, 5) is 23.2. The van der Waals surface area contributed by atoms with Crippen LogP contribution in [0.2, 0.25) is 0 Å². The van der Waals surface area contributed by atoms with E-state index in [0.717, 1.165) is 5.75 Å². The monoisotopic (exact) mass is 353 g/mol. The van der Waals surface area contributed by atoms with Crippen LogP contribution in [0, 0.1) is 6.92 Å². The first kappa shape index (κ1) is 19.7. The van der Waals surface area contributed by atoms with Gasteiger partial charge in [-0.3, -0.25) is 9.59 Å². The third-order valence-corrected chi connectivity index (χ3v) is 4.26. The molecule has 1 N–H and O–H groups in total. The lowest BCUT2D eigenvalue weighted by Crippen LogP contribution is -2.13. The summed E-state index contributed by atoms with van der Waals surface area (Å²) in [5.41, 5.74) is 3.88. The van der Waals surface area contributed by atoms with Gasteiger partial charge in [0.25, 0.3) is 0 Å². The molecule has 26 heavy (non-hydrogen) atoms. The van der Waals surface area contributed by atoms with Crippen molar-refractivity contribution in [3.05, 3.63) is 59.2 Å². The lowest BCUT2D eigenvalue weighted by atomic mass is 9.98. The maximum absolute atomic E-state index is 12.0. The van der Waals surface area contributed by atoms with E-state index in [-0.39, 0.29) is 11.7 Å². The van der Waals surface area contributed by atoms with Crippen LogP contribution in [0.15, 0.2) is 42.5 Å². The predicted octanol–water partition coefficient (Wildman–Crippen LogP) is 5.12. The molecule has 0 spiro atoms. The van der Waals surface area contributed by atoms with Crippen molar-refractivity contribution in [3.63, 3.8) is 0 Å². The van der Waals surface area contributed by atoms with Gasteiger partial charge in [-0.05, 0) is 73.7 Å². The summed E-state index contributed by atoms with van der Waals surface area (Å²) in [6, 6.07) is 13.0. The predicted molar refractivity (Wildman–Crippen MR) is 105 cm³/mol. The maximum Gasteiger partial charge on any atom is 0.224 e. The minimum atomic E-state index is -0.0597. The van der Waals surface area contributed by atoms with E-state index in [9.17, 15) is 9.59 Å². The number of rotatable bonds is 8. The van der Waals surface area contributed by atoms with E-state index in [1.807, 2.05) is 12.1 Å². The quantitative estimate of drug-likeness (QED) is 0.529. The Morgan fingerprint density at radius 2 is 1.77 bits per heavy atom. The smallest absolute Gasteiger partial charge is 0.224 e. The highest BCUT2D eigenvalue weighted by Crippen LogP contribution is 2.23. The molecule has 0 aliphatic rings. The Morgan fingerprint density at radius 1 is 1.08 bits per heavy atom. The van der Waals surface area contributed by atoms with Crippen LogP contribution in [0.4, 0.5) is 5.69 Å². The van der Waals surface area contributed by atoms with Crippen molar-refractivity contribution in [2.75, 3.05) is 11.9 Å². The molecule has 4 heteroatoms. The van der Waals surface area contributed by atoms with Crippen LogP contribution in [0.5, 0.6) is 5.75 Å². The van der Waals surface area contributed by atoms with Crippen LogP contribution < -0.4 is 10.1 Å². The number of nitrogens with one attached hydrogen (secondary N) is 1. The number of amides is 1. The Balaban J connectivity index is 1.74. The van der Waals surface area contributed by atoms with Gasteiger partial charge in [0.2, 0.25) is 5.91 Å². The number of hydrogen-bond donors (Lipinski definition) is 1. The fourth-order valence-electron chi connectivity index (χ4n) is 2.82. The van der Waals surface area contributed by atoms with Gasteiger partial charge in [-0.25, -0.2) is 0 Å². The topological polar surface area (TPSA) is 55.4 Å². The van der Waals surface area contributed by atoms with Crippen molar-refractivity contribution in [3.8, 4) is 5.75 Å². The minimum Gasteiger partial charge on any atom is -0.494 e. The fraction of sp³-hybridized carbons (Fsp3) is 0.364. The minimum absolute atomic E-state index is 0.0108. The van der Waals surface area contributed by atoms with Crippen LogP contribution in [-0.2, 0) is 4.79 Å². The van der Waals surface area contributed by atoms with Gasteiger partial charge in [0.05, 0.1) is 6.61 Å². The van der Waals surface area contributed by atoms with E-state index in [2.05, 4.69) is 32.2 Å². The lowest BCUT2D eigenvalue weighted by molar-refractivity contribution is -0.116. The molecule has 0 aliphatic heterocycles. The van der Waals surface area contributed by atoms with Crippen molar-refractivity contribution in [1.29, 1.82) is 0 Å². The van der Waals surface area contributed by atoms with Gasteiger partial charge in [-0.1, -0.05) is 19.9 Å². The standard InChI is InChI=1S/C22H27NO3/c1-15(2)21-12-11-20(14-16(21)3)26-13-5-6-22(25)23-19-9-7-18(8-10-19)17(4)24/h7-12,14-15H,5-6,13H2,1-4H3,(H,23,25). The third kappa shape index (κ3) is 5.73. The number of benzene rings is 2. The summed E-state index contributed by atoms with van der Waals surface area (Å²) in [6.45, 7) is 8.46. The van der Waals surface area contributed by atoms with Crippen molar-refractivity contribution in [2.45, 2.75) is 46.5 Å². The number of ether oxygens (including phenoxy) is 1. The van der Waals surface area contributed by atoms with E-state index in [0.29, 0.717) is 36.6 Å². The van der Waals surface area contributed by atoms with Gasteiger partial charge in [0, 0.05) is 17.7 Å². The van der Waals surface area contributed by atoms with Crippen molar-refractivity contribution < 1.29 is 14.3 Å². The molecule has 0 heterocycles. The molecule has 0 saturated carbocycles. The molecule has 2 rings (SSSR count). The van der Waals surface area contributed by atoms with E-state index >= 15 is 0 Å². The molecule has 2 aromatic carbocycles. The van der Waals surface area contributed by atoms with Gasteiger partial charge >= 0.3 is 0 Å². The van der Waals surface area contributed by atoms with Crippen LogP contribution in [-0.4, -0.2) is 18.3 Å². The third-order valence-electron chi connectivity index (χ3n) is 4.26. The van der Waals surface area contributed by atoms with Crippen LogP contribution >= 0.6 is 0 Å². The number of Topliss-reactive ketones (excluding diaryl/α,β-unsaturated/α-hetero) is 1. The highest BCUT2D eigenvalue weighted by atomic mass is 16.5. The number of carbonyl (C=O) groups excluding carboxylic acids is 2. The molecule has 0 unspecified atom stereocenters. The SMILES string of the molecule is CC(=O)c1ccc(NC(=O)CCCOc2ccc(C(C)C)c(C)c2)cc1. The molecule has 2 aromatic rings. The summed E-state index contributed by atoms with van der Waals surface area (Å²) in [5, 5.41) is 2.83. The average molecular weight is 353 g/mol. The highest BCUT2D eigenvalue weighted by Gasteiger charge is 2.06. The Bertz CT molecular complexity index is 763. The summed E-state index contributed by atoms with van der Waals surface area (Å²) >= 11 is 0. The maximum atomic E-state index is 12.0. The molecular formula is C22H27NO3. The first-order chi connectivity index (χ1) is 12.4. The summed E-state index contributed by atoms with van der Waals surface area (Å²) in [6.07, 6.45) is 1.03. The van der Waals surface area contributed by atoms with Gasteiger partial charge in [0.15, 0.2) is 5.78 Å². The van der Waals surface area contributed by atoms with E-state index in [1.165, 1.54) is 18.1 Å². The van der Waals surface area contributed by atoms with Crippen molar-refractivity contribution >= 4 is 17.4 Å². The normalized spacial score (nSPS) is 10.7. The number of anilines is 1. The van der Waals surface area contributed by atoms with Crippen molar-refractivity contribution in [2.24, 2.45) is 0 Å². The molecule has 0 atom stereocenters. The highest BCUT2D eigenvalue weighted by molar-refractivity contribution is 5.95. The second-order valence-corrected chi connectivity index (χ2v) is 6.81. The van der Waals surface area contributed by atoms with Gasteiger partial charge in [0.1, 0.15) is 5.75 Å². The second kappa shape index (κ2) is 9.18. The van der Waals surface area contributed by atoms with Crippen LogP contribution in [0.3, 0.4) is 0 Å². The number of aryl methyl sites for hydroxylation is 1. The largest absolute Gasteiger partial charge is 0.494 e. The van der Waals surface area contributed by atoms with E-state index in [4.69, 9.17) is 4.74 Å². The van der Waals surface area contributed by atoms with Crippen LogP contribution in [0.25, 0.3) is 0 Å². The summed E-state index contributed by atoms with van der Waals surface area (Å²) in [5.74, 6) is 1.29. The molecule has 0 radical (unpaired) electrons. The summed E-state index contributed by atoms with van der Waals surface area (Å²) in [7, 11) is 0. The number of ketones is 1. The zero-order chi connectivity index (χ0) is 19.1. The summed E-state index contributed by atoms with van der Waals surface area (Å²) < 4.78 is 5.75. The van der Waals surface area contributed by atoms with Crippen LogP contribution in [0.1, 0.15) is 61.0 Å². The average Bonchev–Trinajstić information content (AvgIpc) is 2.59.